The molecule has 6 heteroatoms. The third-order valence-electron chi connectivity index (χ3n) is 3.45. The monoisotopic (exact) mass is 295 g/mol. The van der Waals surface area contributed by atoms with E-state index in [2.05, 4.69) is 20.6 Å². The lowest BCUT2D eigenvalue weighted by atomic mass is 10.2. The van der Waals surface area contributed by atoms with Crippen LogP contribution in [0.3, 0.4) is 0 Å². The Balaban J connectivity index is 1.74. The average molecular weight is 295 g/mol. The zero-order valence-corrected chi connectivity index (χ0v) is 12.6. The Morgan fingerprint density at radius 2 is 2.14 bits per heavy atom. The smallest absolute Gasteiger partial charge is 0.251 e. The van der Waals surface area contributed by atoms with Gasteiger partial charge in [0, 0.05) is 17.8 Å². The summed E-state index contributed by atoms with van der Waals surface area (Å²) in [4.78, 5) is 16.6. The molecule has 0 saturated carbocycles. The SMILES string of the molecule is CCn1nnc2cc(C(=O)NCc3cccc(C)n3)ccc21. The molecular weight excluding hydrogens is 278 g/mol. The van der Waals surface area contributed by atoms with Crippen molar-refractivity contribution in [1.29, 1.82) is 0 Å². The second-order valence-electron chi connectivity index (χ2n) is 5.06. The van der Waals surface area contributed by atoms with Crippen molar-refractivity contribution in [2.45, 2.75) is 26.9 Å². The summed E-state index contributed by atoms with van der Waals surface area (Å²) in [5, 5.41) is 11.0. The minimum Gasteiger partial charge on any atom is -0.346 e. The van der Waals surface area contributed by atoms with E-state index in [9.17, 15) is 4.79 Å². The minimum absolute atomic E-state index is 0.142. The molecule has 0 aliphatic heterocycles. The van der Waals surface area contributed by atoms with Crippen LogP contribution >= 0.6 is 0 Å². The van der Waals surface area contributed by atoms with Gasteiger partial charge in [-0.3, -0.25) is 9.78 Å². The van der Waals surface area contributed by atoms with E-state index in [4.69, 9.17) is 0 Å². The third kappa shape index (κ3) is 2.81. The first-order valence-corrected chi connectivity index (χ1v) is 7.21. The first-order chi connectivity index (χ1) is 10.7. The van der Waals surface area contributed by atoms with E-state index >= 15 is 0 Å². The van der Waals surface area contributed by atoms with Gasteiger partial charge in [-0.2, -0.15) is 0 Å². The maximum atomic E-state index is 12.2. The van der Waals surface area contributed by atoms with Gasteiger partial charge in [-0.25, -0.2) is 4.68 Å². The van der Waals surface area contributed by atoms with Crippen LogP contribution in [0.4, 0.5) is 0 Å². The Morgan fingerprint density at radius 3 is 2.91 bits per heavy atom. The quantitative estimate of drug-likeness (QED) is 0.800. The van der Waals surface area contributed by atoms with Crippen molar-refractivity contribution in [2.24, 2.45) is 0 Å². The first-order valence-electron chi connectivity index (χ1n) is 7.21. The largest absolute Gasteiger partial charge is 0.346 e. The molecule has 1 amide bonds. The summed E-state index contributed by atoms with van der Waals surface area (Å²) in [7, 11) is 0. The van der Waals surface area contributed by atoms with Gasteiger partial charge in [-0.15, -0.1) is 5.10 Å². The zero-order chi connectivity index (χ0) is 15.5. The number of hydrogen-bond donors (Lipinski definition) is 1. The summed E-state index contributed by atoms with van der Waals surface area (Å²) >= 11 is 0. The van der Waals surface area contributed by atoms with Crippen molar-refractivity contribution in [1.82, 2.24) is 25.3 Å². The summed E-state index contributed by atoms with van der Waals surface area (Å²) < 4.78 is 1.80. The second-order valence-corrected chi connectivity index (χ2v) is 5.06. The van der Waals surface area contributed by atoms with Crippen LogP contribution < -0.4 is 5.32 Å². The van der Waals surface area contributed by atoms with E-state index in [1.165, 1.54) is 0 Å². The van der Waals surface area contributed by atoms with Gasteiger partial charge in [-0.1, -0.05) is 11.3 Å². The van der Waals surface area contributed by atoms with Crippen LogP contribution in [0.15, 0.2) is 36.4 Å². The van der Waals surface area contributed by atoms with Crippen molar-refractivity contribution >= 4 is 16.9 Å². The lowest BCUT2D eigenvalue weighted by Gasteiger charge is -2.05. The number of nitrogens with one attached hydrogen (secondary N) is 1. The Bertz CT molecular complexity index is 824. The molecule has 112 valence electrons. The predicted molar refractivity (Wildman–Crippen MR) is 83.3 cm³/mol. The topological polar surface area (TPSA) is 72.7 Å². The summed E-state index contributed by atoms with van der Waals surface area (Å²) in [6, 6.07) is 11.2. The molecule has 1 aromatic carbocycles. The fourth-order valence-electron chi connectivity index (χ4n) is 2.32. The number of pyridine rings is 1. The number of hydrogen-bond acceptors (Lipinski definition) is 4. The van der Waals surface area contributed by atoms with Gasteiger partial charge in [0.2, 0.25) is 0 Å². The van der Waals surface area contributed by atoms with Gasteiger partial charge in [-0.05, 0) is 44.2 Å². The molecule has 2 aromatic heterocycles. The number of nitrogens with zero attached hydrogens (tertiary/aromatic N) is 4. The maximum absolute atomic E-state index is 12.2. The van der Waals surface area contributed by atoms with Gasteiger partial charge < -0.3 is 5.32 Å². The highest BCUT2D eigenvalue weighted by atomic mass is 16.1. The Morgan fingerprint density at radius 1 is 1.27 bits per heavy atom. The van der Waals surface area contributed by atoms with Crippen LogP contribution in [0.5, 0.6) is 0 Å². The molecule has 0 unspecified atom stereocenters. The van der Waals surface area contributed by atoms with Crippen LogP contribution in [0.25, 0.3) is 11.0 Å². The van der Waals surface area contributed by atoms with Crippen LogP contribution in [0.1, 0.15) is 28.7 Å². The fraction of sp³-hybridized carbons (Fsp3) is 0.250. The molecule has 0 saturated heterocycles. The van der Waals surface area contributed by atoms with Gasteiger partial charge >= 0.3 is 0 Å². The van der Waals surface area contributed by atoms with E-state index in [0.29, 0.717) is 12.1 Å². The van der Waals surface area contributed by atoms with Crippen molar-refractivity contribution in [3.63, 3.8) is 0 Å². The molecule has 3 rings (SSSR count). The van der Waals surface area contributed by atoms with E-state index in [-0.39, 0.29) is 5.91 Å². The van der Waals surface area contributed by atoms with E-state index < -0.39 is 0 Å². The Labute approximate surface area is 128 Å². The molecule has 0 aliphatic rings. The van der Waals surface area contributed by atoms with Crippen LogP contribution in [0, 0.1) is 6.92 Å². The fourth-order valence-corrected chi connectivity index (χ4v) is 2.32. The van der Waals surface area contributed by atoms with Crippen molar-refractivity contribution in [2.75, 3.05) is 0 Å². The Kier molecular flexibility index (Phi) is 3.82. The summed E-state index contributed by atoms with van der Waals surface area (Å²) in [6.07, 6.45) is 0. The van der Waals surface area contributed by atoms with Crippen molar-refractivity contribution in [3.8, 4) is 0 Å². The molecule has 2 heterocycles. The zero-order valence-electron chi connectivity index (χ0n) is 12.6. The molecule has 22 heavy (non-hydrogen) atoms. The van der Waals surface area contributed by atoms with Gasteiger partial charge in [0.1, 0.15) is 5.52 Å². The molecule has 0 fully saturated rings. The first kappa shape index (κ1) is 14.2. The average Bonchev–Trinajstić information content (AvgIpc) is 2.95. The number of fused-ring (bicyclic) bond motifs is 1. The van der Waals surface area contributed by atoms with Crippen LogP contribution in [-0.2, 0) is 13.1 Å². The van der Waals surface area contributed by atoms with Crippen molar-refractivity contribution in [3.05, 3.63) is 53.3 Å². The predicted octanol–water partition coefficient (Wildman–Crippen LogP) is 2.08. The summed E-state index contributed by atoms with van der Waals surface area (Å²) in [5.74, 6) is -0.142. The number of carbonyl (C=O) groups excluding carboxylic acids is 1. The van der Waals surface area contributed by atoms with Gasteiger partial charge in [0.25, 0.3) is 5.91 Å². The molecule has 0 spiro atoms. The molecule has 0 aliphatic carbocycles. The minimum atomic E-state index is -0.142. The molecule has 0 atom stereocenters. The standard InChI is InChI=1S/C16H17N5O/c1-3-21-15-8-7-12(9-14(15)19-20-21)16(22)17-10-13-6-4-5-11(2)18-13/h4-9H,3,10H2,1-2H3,(H,17,22). The molecule has 1 N–H and O–H groups in total. The van der Waals surface area contributed by atoms with Crippen molar-refractivity contribution < 1.29 is 4.79 Å². The number of carbonyl (C=O) groups is 1. The van der Waals surface area contributed by atoms with Gasteiger partial charge in [0.05, 0.1) is 17.8 Å². The molecule has 0 radical (unpaired) electrons. The van der Waals surface area contributed by atoms with Gasteiger partial charge in [0.15, 0.2) is 0 Å². The number of amides is 1. The lowest BCUT2D eigenvalue weighted by molar-refractivity contribution is 0.0950. The van der Waals surface area contributed by atoms with E-state index in [1.54, 1.807) is 16.8 Å². The molecular formula is C16H17N5O. The lowest BCUT2D eigenvalue weighted by Crippen LogP contribution is -2.23. The highest BCUT2D eigenvalue weighted by Gasteiger charge is 2.09. The normalized spacial score (nSPS) is 10.8. The second kappa shape index (κ2) is 5.93. The van der Waals surface area contributed by atoms with E-state index in [1.807, 2.05) is 38.1 Å². The molecule has 0 bridgehead atoms. The summed E-state index contributed by atoms with van der Waals surface area (Å²) in [6.45, 7) is 5.08. The number of aromatic nitrogens is 4. The highest BCUT2D eigenvalue weighted by Crippen LogP contribution is 2.13. The Hall–Kier alpha value is -2.76. The molecule has 6 nitrogen and oxygen atoms in total. The highest BCUT2D eigenvalue weighted by molar-refractivity contribution is 5.97. The number of rotatable bonds is 4. The third-order valence-corrected chi connectivity index (χ3v) is 3.45. The van der Waals surface area contributed by atoms with Crippen LogP contribution in [0.2, 0.25) is 0 Å². The maximum Gasteiger partial charge on any atom is 0.251 e. The number of benzene rings is 1. The summed E-state index contributed by atoms with van der Waals surface area (Å²) in [5.41, 5.74) is 4.00. The van der Waals surface area contributed by atoms with Crippen LogP contribution in [-0.4, -0.2) is 25.9 Å². The molecule has 3 aromatic rings. The number of aryl methyl sites for hydroxylation is 2. The van der Waals surface area contributed by atoms with E-state index in [0.717, 1.165) is 29.0 Å².